The molecule has 4 rings (SSSR count). The van der Waals surface area contributed by atoms with Gasteiger partial charge < -0.3 is 15.1 Å². The van der Waals surface area contributed by atoms with Crippen LogP contribution in [-0.2, 0) is 0 Å². The van der Waals surface area contributed by atoms with Crippen LogP contribution in [0.25, 0.3) is 0 Å². The highest BCUT2D eigenvalue weighted by atomic mass is 35.5. The molecule has 2 aliphatic heterocycles. The molecule has 0 radical (unpaired) electrons. The molecular formula is C28H34Cl2N4O2. The number of carbonyl (C=O) groups is 2. The number of carbonyl (C=O) groups excluding carboxylic acids is 2. The Morgan fingerprint density at radius 1 is 1.11 bits per heavy atom. The Morgan fingerprint density at radius 3 is 2.53 bits per heavy atom. The molecule has 2 aromatic rings. The minimum Gasteiger partial charge on any atom is -0.338 e. The van der Waals surface area contributed by atoms with E-state index in [0.717, 1.165) is 44.5 Å². The van der Waals surface area contributed by atoms with Gasteiger partial charge in [0, 0.05) is 56.4 Å². The molecule has 0 bridgehead atoms. The molecule has 0 spiro atoms. The van der Waals surface area contributed by atoms with Gasteiger partial charge in [0.15, 0.2) is 0 Å². The summed E-state index contributed by atoms with van der Waals surface area (Å²) in [5.41, 5.74) is 1.79. The number of rotatable bonds is 9. The number of nitrogens with zero attached hydrogens (tertiary/aromatic N) is 3. The largest absolute Gasteiger partial charge is 0.338 e. The summed E-state index contributed by atoms with van der Waals surface area (Å²) in [4.78, 5) is 31.6. The molecule has 2 aliphatic rings. The number of urea groups is 1. The number of amides is 3. The van der Waals surface area contributed by atoms with Gasteiger partial charge in [0.1, 0.15) is 0 Å². The van der Waals surface area contributed by atoms with E-state index in [1.54, 1.807) is 0 Å². The van der Waals surface area contributed by atoms with Crippen molar-refractivity contribution in [3.63, 3.8) is 0 Å². The third kappa shape index (κ3) is 6.61. The first-order chi connectivity index (χ1) is 17.5. The lowest BCUT2D eigenvalue weighted by molar-refractivity contribution is 0.0747. The first-order valence-corrected chi connectivity index (χ1v) is 13.5. The molecule has 2 aromatic carbocycles. The maximum atomic E-state index is 13.2. The van der Waals surface area contributed by atoms with Gasteiger partial charge in [0.05, 0.1) is 10.0 Å². The van der Waals surface area contributed by atoms with Gasteiger partial charge in [-0.3, -0.25) is 9.69 Å². The number of likely N-dealkylation sites (N-methyl/N-ethyl adjacent to an activating group) is 1. The van der Waals surface area contributed by atoms with Crippen molar-refractivity contribution in [3.05, 3.63) is 82.0 Å². The molecule has 192 valence electrons. The Morgan fingerprint density at radius 2 is 1.86 bits per heavy atom. The molecule has 1 fully saturated rings. The van der Waals surface area contributed by atoms with Crippen molar-refractivity contribution >= 4 is 35.1 Å². The topological polar surface area (TPSA) is 55.9 Å². The van der Waals surface area contributed by atoms with Crippen LogP contribution in [0.1, 0.15) is 48.0 Å². The summed E-state index contributed by atoms with van der Waals surface area (Å²) in [7, 11) is 0. The van der Waals surface area contributed by atoms with Crippen LogP contribution in [0.2, 0.25) is 10.0 Å². The molecule has 1 unspecified atom stereocenters. The molecular weight excluding hydrogens is 495 g/mol. The van der Waals surface area contributed by atoms with Crippen LogP contribution in [0.3, 0.4) is 0 Å². The average molecular weight is 530 g/mol. The van der Waals surface area contributed by atoms with Gasteiger partial charge in [-0.2, -0.15) is 0 Å². The number of piperidine rings is 1. The number of hydrogen-bond donors (Lipinski definition) is 1. The van der Waals surface area contributed by atoms with E-state index in [1.165, 1.54) is 0 Å². The van der Waals surface area contributed by atoms with Crippen molar-refractivity contribution in [1.82, 2.24) is 20.0 Å². The van der Waals surface area contributed by atoms with Gasteiger partial charge in [-0.15, -0.1) is 0 Å². The minimum absolute atomic E-state index is 0.00151. The van der Waals surface area contributed by atoms with Crippen LogP contribution in [0.15, 0.2) is 60.8 Å². The van der Waals surface area contributed by atoms with Gasteiger partial charge in [-0.1, -0.05) is 47.5 Å². The lowest BCUT2D eigenvalue weighted by Crippen LogP contribution is -2.50. The van der Waals surface area contributed by atoms with Crippen LogP contribution < -0.4 is 5.32 Å². The maximum Gasteiger partial charge on any atom is 0.321 e. The third-order valence-corrected chi connectivity index (χ3v) is 7.90. The van der Waals surface area contributed by atoms with Gasteiger partial charge in [-0.25, -0.2) is 4.79 Å². The predicted octanol–water partition coefficient (Wildman–Crippen LogP) is 5.63. The molecule has 1 atom stereocenters. The molecule has 1 saturated heterocycles. The van der Waals surface area contributed by atoms with Crippen molar-refractivity contribution in [2.75, 3.05) is 39.3 Å². The second kappa shape index (κ2) is 12.6. The molecule has 36 heavy (non-hydrogen) atoms. The number of benzene rings is 2. The van der Waals surface area contributed by atoms with E-state index >= 15 is 0 Å². The zero-order valence-corrected chi connectivity index (χ0v) is 22.2. The predicted molar refractivity (Wildman–Crippen MR) is 146 cm³/mol. The second-order valence-corrected chi connectivity index (χ2v) is 10.2. The van der Waals surface area contributed by atoms with E-state index in [4.69, 9.17) is 23.2 Å². The maximum absolute atomic E-state index is 13.2. The van der Waals surface area contributed by atoms with Crippen molar-refractivity contribution < 1.29 is 9.59 Å². The van der Waals surface area contributed by atoms with Crippen molar-refractivity contribution in [1.29, 1.82) is 0 Å². The number of hydrogen-bond acceptors (Lipinski definition) is 3. The molecule has 6 nitrogen and oxygen atoms in total. The van der Waals surface area contributed by atoms with Gasteiger partial charge >= 0.3 is 6.03 Å². The average Bonchev–Trinajstić information content (AvgIpc) is 2.91. The summed E-state index contributed by atoms with van der Waals surface area (Å²) in [6.07, 6.45) is 6.70. The van der Waals surface area contributed by atoms with Crippen molar-refractivity contribution in [2.24, 2.45) is 0 Å². The Labute approximate surface area is 223 Å². The summed E-state index contributed by atoms with van der Waals surface area (Å²) >= 11 is 12.6. The molecule has 1 N–H and O–H groups in total. The summed E-state index contributed by atoms with van der Waals surface area (Å²) in [5.74, 6) is 0.165. The fraction of sp³-hybridized carbons (Fsp3) is 0.429. The van der Waals surface area contributed by atoms with E-state index < -0.39 is 0 Å². The monoisotopic (exact) mass is 528 g/mol. The fourth-order valence-corrected chi connectivity index (χ4v) is 5.34. The van der Waals surface area contributed by atoms with E-state index in [-0.39, 0.29) is 23.9 Å². The number of likely N-dealkylation sites (tertiary alicyclic amines) is 1. The van der Waals surface area contributed by atoms with Crippen LogP contribution in [0, 0.1) is 0 Å². The molecule has 0 aliphatic carbocycles. The summed E-state index contributed by atoms with van der Waals surface area (Å²) in [6, 6.07) is 15.5. The van der Waals surface area contributed by atoms with E-state index in [9.17, 15) is 9.59 Å². The smallest absolute Gasteiger partial charge is 0.321 e. The number of nitrogens with one attached hydrogen (secondary N) is 1. The Bertz CT molecular complexity index is 1070. The summed E-state index contributed by atoms with van der Waals surface area (Å²) in [6.45, 7) is 6.65. The zero-order valence-electron chi connectivity index (χ0n) is 20.7. The highest BCUT2D eigenvalue weighted by Crippen LogP contribution is 2.30. The van der Waals surface area contributed by atoms with Crippen LogP contribution in [-0.4, -0.2) is 71.9 Å². The highest BCUT2D eigenvalue weighted by Gasteiger charge is 2.28. The van der Waals surface area contributed by atoms with Gasteiger partial charge in [-0.05, 0) is 68.6 Å². The van der Waals surface area contributed by atoms with Gasteiger partial charge in [0.2, 0.25) is 0 Å². The Kier molecular flexibility index (Phi) is 9.30. The quantitative estimate of drug-likeness (QED) is 0.458. The zero-order chi connectivity index (χ0) is 25.5. The molecule has 3 amide bonds. The van der Waals surface area contributed by atoms with Crippen LogP contribution in [0.4, 0.5) is 4.79 Å². The minimum atomic E-state index is -0.00151. The molecule has 2 heterocycles. The van der Waals surface area contributed by atoms with Crippen LogP contribution >= 0.6 is 23.2 Å². The lowest BCUT2D eigenvalue weighted by atomic mass is 9.93. The molecule has 8 heteroatoms. The normalized spacial score (nSPS) is 17.6. The summed E-state index contributed by atoms with van der Waals surface area (Å²) < 4.78 is 0. The Hall–Kier alpha value is -2.54. The summed E-state index contributed by atoms with van der Waals surface area (Å²) in [5, 5.41) is 3.95. The first-order valence-electron chi connectivity index (χ1n) is 12.7. The van der Waals surface area contributed by atoms with Crippen molar-refractivity contribution in [3.8, 4) is 0 Å². The third-order valence-electron chi connectivity index (χ3n) is 7.16. The van der Waals surface area contributed by atoms with E-state index in [0.29, 0.717) is 35.2 Å². The lowest BCUT2D eigenvalue weighted by Gasteiger charge is -2.38. The molecule has 0 aromatic heterocycles. The van der Waals surface area contributed by atoms with E-state index in [2.05, 4.69) is 10.2 Å². The SMILES string of the molecule is CCN(CC(CCN1CCC(N2C=CCNC2=O)CC1)c1ccc(Cl)c(Cl)c1)C(=O)c1ccccc1. The van der Waals surface area contributed by atoms with Crippen molar-refractivity contribution in [2.45, 2.75) is 38.1 Å². The second-order valence-electron chi connectivity index (χ2n) is 9.42. The fourth-order valence-electron chi connectivity index (χ4n) is 5.03. The van der Waals surface area contributed by atoms with Gasteiger partial charge in [0.25, 0.3) is 5.91 Å². The van der Waals surface area contributed by atoms with E-state index in [1.807, 2.05) is 77.5 Å². The Balaban J connectivity index is 1.41. The van der Waals surface area contributed by atoms with Crippen LogP contribution in [0.5, 0.6) is 0 Å². The standard InChI is InChI=1S/C28H34Cl2N4O2/c1-2-33(27(35)21-7-4-3-5-8-21)20-23(22-9-10-25(29)26(30)19-22)11-16-32-17-12-24(13-18-32)34-15-6-14-31-28(34)36/h3-10,15,19,23-24H,2,11-14,16-18,20H2,1H3,(H,31,36). The highest BCUT2D eigenvalue weighted by molar-refractivity contribution is 6.42. The first kappa shape index (κ1) is 26.5. The molecule has 0 saturated carbocycles. The number of halogens is 2.